The number of methoxy groups -OCH3 is 1. The Morgan fingerprint density at radius 3 is 2.60 bits per heavy atom. The van der Waals surface area contributed by atoms with Crippen molar-refractivity contribution in [3.8, 4) is 5.75 Å². The summed E-state index contributed by atoms with van der Waals surface area (Å²) in [5.41, 5.74) is 8.33. The summed E-state index contributed by atoms with van der Waals surface area (Å²) in [5, 5.41) is 2.89. The van der Waals surface area contributed by atoms with Crippen LogP contribution >= 0.6 is 0 Å². The fraction of sp³-hybridized carbons (Fsp3) is 0.188. The van der Waals surface area contributed by atoms with E-state index in [1.165, 1.54) is 0 Å². The van der Waals surface area contributed by atoms with Gasteiger partial charge in [0, 0.05) is 18.7 Å². The fourth-order valence-electron chi connectivity index (χ4n) is 1.97. The third-order valence-corrected chi connectivity index (χ3v) is 3.11. The Bertz CT molecular complexity index is 597. The first-order valence-electron chi connectivity index (χ1n) is 6.43. The molecule has 0 heterocycles. The van der Waals surface area contributed by atoms with Gasteiger partial charge in [0.15, 0.2) is 0 Å². The molecule has 0 aliphatic rings. The van der Waals surface area contributed by atoms with Gasteiger partial charge in [-0.3, -0.25) is 4.79 Å². The topological polar surface area (TPSA) is 64.3 Å². The standard InChI is InChI=1S/C16H18N2O2/c1-20-15-8-4-7-12(9-15)16(19)18-11-14-6-3-2-5-13(14)10-17/h2-9H,10-11,17H2,1H3,(H,18,19). The maximum atomic E-state index is 12.1. The first kappa shape index (κ1) is 14.1. The minimum Gasteiger partial charge on any atom is -0.497 e. The molecule has 4 nitrogen and oxygen atoms in total. The molecule has 0 bridgehead atoms. The molecule has 2 rings (SSSR count). The Labute approximate surface area is 118 Å². The molecule has 0 aromatic heterocycles. The summed E-state index contributed by atoms with van der Waals surface area (Å²) in [4.78, 5) is 12.1. The zero-order valence-corrected chi connectivity index (χ0v) is 11.4. The van der Waals surface area contributed by atoms with Crippen molar-refractivity contribution < 1.29 is 9.53 Å². The van der Waals surface area contributed by atoms with Gasteiger partial charge in [0.1, 0.15) is 5.75 Å². The highest BCUT2D eigenvalue weighted by atomic mass is 16.5. The van der Waals surface area contributed by atoms with Gasteiger partial charge in [-0.15, -0.1) is 0 Å². The second-order valence-electron chi connectivity index (χ2n) is 4.39. The van der Waals surface area contributed by atoms with E-state index >= 15 is 0 Å². The van der Waals surface area contributed by atoms with Crippen LogP contribution in [0.2, 0.25) is 0 Å². The molecule has 0 radical (unpaired) electrons. The highest BCUT2D eigenvalue weighted by Gasteiger charge is 2.07. The SMILES string of the molecule is COc1cccc(C(=O)NCc2ccccc2CN)c1. The number of rotatable bonds is 5. The summed E-state index contributed by atoms with van der Waals surface area (Å²) in [6, 6.07) is 14.9. The fourth-order valence-corrected chi connectivity index (χ4v) is 1.97. The zero-order valence-electron chi connectivity index (χ0n) is 11.4. The number of hydrogen-bond donors (Lipinski definition) is 2. The first-order chi connectivity index (χ1) is 9.74. The van der Waals surface area contributed by atoms with Gasteiger partial charge in [-0.1, -0.05) is 30.3 Å². The van der Waals surface area contributed by atoms with Crippen molar-refractivity contribution in [2.45, 2.75) is 13.1 Å². The highest BCUT2D eigenvalue weighted by Crippen LogP contribution is 2.13. The van der Waals surface area contributed by atoms with Crippen molar-refractivity contribution >= 4 is 5.91 Å². The van der Waals surface area contributed by atoms with E-state index in [2.05, 4.69) is 5.32 Å². The molecule has 4 heteroatoms. The van der Waals surface area contributed by atoms with Gasteiger partial charge in [-0.2, -0.15) is 0 Å². The van der Waals surface area contributed by atoms with Gasteiger partial charge in [0.25, 0.3) is 5.91 Å². The molecular weight excluding hydrogens is 252 g/mol. The van der Waals surface area contributed by atoms with Crippen LogP contribution in [0.15, 0.2) is 48.5 Å². The quantitative estimate of drug-likeness (QED) is 0.874. The molecule has 0 saturated heterocycles. The van der Waals surface area contributed by atoms with Gasteiger partial charge in [-0.05, 0) is 29.3 Å². The number of nitrogens with one attached hydrogen (secondary N) is 1. The molecule has 2 aromatic carbocycles. The molecule has 0 aliphatic carbocycles. The van der Waals surface area contributed by atoms with E-state index in [1.54, 1.807) is 31.4 Å². The van der Waals surface area contributed by atoms with Crippen LogP contribution in [0.4, 0.5) is 0 Å². The summed E-state index contributed by atoms with van der Waals surface area (Å²) in [6.07, 6.45) is 0. The molecule has 0 fully saturated rings. The first-order valence-corrected chi connectivity index (χ1v) is 6.43. The number of carbonyl (C=O) groups is 1. The van der Waals surface area contributed by atoms with Crippen molar-refractivity contribution in [3.63, 3.8) is 0 Å². The molecule has 0 saturated carbocycles. The van der Waals surface area contributed by atoms with Gasteiger partial charge in [0.2, 0.25) is 0 Å². The number of nitrogens with two attached hydrogens (primary N) is 1. The normalized spacial score (nSPS) is 10.1. The summed E-state index contributed by atoms with van der Waals surface area (Å²) < 4.78 is 5.11. The summed E-state index contributed by atoms with van der Waals surface area (Å²) in [7, 11) is 1.58. The largest absolute Gasteiger partial charge is 0.497 e. The molecule has 20 heavy (non-hydrogen) atoms. The van der Waals surface area contributed by atoms with Gasteiger partial charge < -0.3 is 15.8 Å². The van der Waals surface area contributed by atoms with Crippen molar-refractivity contribution in [3.05, 3.63) is 65.2 Å². The van der Waals surface area contributed by atoms with Gasteiger partial charge >= 0.3 is 0 Å². The van der Waals surface area contributed by atoms with E-state index in [1.807, 2.05) is 24.3 Å². The number of carbonyl (C=O) groups excluding carboxylic acids is 1. The predicted octanol–water partition coefficient (Wildman–Crippen LogP) is 2.08. The Kier molecular flexibility index (Phi) is 4.74. The second-order valence-corrected chi connectivity index (χ2v) is 4.39. The lowest BCUT2D eigenvalue weighted by Gasteiger charge is -2.10. The van der Waals surface area contributed by atoms with E-state index < -0.39 is 0 Å². The second kappa shape index (κ2) is 6.73. The number of amides is 1. The summed E-state index contributed by atoms with van der Waals surface area (Å²) in [5.74, 6) is 0.538. The van der Waals surface area contributed by atoms with Crippen molar-refractivity contribution in [2.24, 2.45) is 5.73 Å². The Balaban J connectivity index is 2.04. The number of hydrogen-bond acceptors (Lipinski definition) is 3. The summed E-state index contributed by atoms with van der Waals surface area (Å²) in [6.45, 7) is 0.925. The summed E-state index contributed by atoms with van der Waals surface area (Å²) >= 11 is 0. The number of ether oxygens (including phenoxy) is 1. The van der Waals surface area contributed by atoms with Crippen LogP contribution in [-0.4, -0.2) is 13.0 Å². The molecule has 2 aromatic rings. The van der Waals surface area contributed by atoms with Crippen LogP contribution < -0.4 is 15.8 Å². The van der Waals surface area contributed by atoms with E-state index in [9.17, 15) is 4.79 Å². The Hall–Kier alpha value is -2.33. The third kappa shape index (κ3) is 3.36. The highest BCUT2D eigenvalue weighted by molar-refractivity contribution is 5.94. The smallest absolute Gasteiger partial charge is 0.251 e. The molecular formula is C16H18N2O2. The average Bonchev–Trinajstić information content (AvgIpc) is 2.52. The van der Waals surface area contributed by atoms with Crippen molar-refractivity contribution in [1.82, 2.24) is 5.32 Å². The Morgan fingerprint density at radius 2 is 1.90 bits per heavy atom. The van der Waals surface area contributed by atoms with E-state index in [4.69, 9.17) is 10.5 Å². The Morgan fingerprint density at radius 1 is 1.15 bits per heavy atom. The van der Waals surface area contributed by atoms with Crippen LogP contribution in [0.3, 0.4) is 0 Å². The van der Waals surface area contributed by atoms with Gasteiger partial charge in [-0.25, -0.2) is 0 Å². The third-order valence-electron chi connectivity index (χ3n) is 3.11. The van der Waals surface area contributed by atoms with Crippen molar-refractivity contribution in [1.29, 1.82) is 0 Å². The van der Waals surface area contributed by atoms with Crippen molar-refractivity contribution in [2.75, 3.05) is 7.11 Å². The van der Waals surface area contributed by atoms with Crippen LogP contribution in [0.25, 0.3) is 0 Å². The molecule has 0 unspecified atom stereocenters. The maximum absolute atomic E-state index is 12.1. The molecule has 3 N–H and O–H groups in total. The lowest BCUT2D eigenvalue weighted by atomic mass is 10.1. The van der Waals surface area contributed by atoms with Crippen LogP contribution in [-0.2, 0) is 13.1 Å². The van der Waals surface area contributed by atoms with E-state index in [0.29, 0.717) is 24.4 Å². The van der Waals surface area contributed by atoms with E-state index in [-0.39, 0.29) is 5.91 Å². The molecule has 0 spiro atoms. The maximum Gasteiger partial charge on any atom is 0.251 e. The van der Waals surface area contributed by atoms with Crippen LogP contribution in [0.1, 0.15) is 21.5 Å². The average molecular weight is 270 g/mol. The van der Waals surface area contributed by atoms with Gasteiger partial charge in [0.05, 0.1) is 7.11 Å². The monoisotopic (exact) mass is 270 g/mol. The minimum atomic E-state index is -0.129. The molecule has 0 atom stereocenters. The molecule has 0 aliphatic heterocycles. The van der Waals surface area contributed by atoms with Crippen LogP contribution in [0.5, 0.6) is 5.75 Å². The van der Waals surface area contributed by atoms with Crippen LogP contribution in [0, 0.1) is 0 Å². The number of benzene rings is 2. The lowest BCUT2D eigenvalue weighted by molar-refractivity contribution is 0.0950. The zero-order chi connectivity index (χ0) is 14.4. The lowest BCUT2D eigenvalue weighted by Crippen LogP contribution is -2.23. The molecule has 1 amide bonds. The predicted molar refractivity (Wildman–Crippen MR) is 78.5 cm³/mol. The van der Waals surface area contributed by atoms with E-state index in [0.717, 1.165) is 11.1 Å². The molecule has 104 valence electrons. The minimum absolute atomic E-state index is 0.129.